The highest BCUT2D eigenvalue weighted by Crippen LogP contribution is 2.30. The number of benzene rings is 2. The molecule has 0 saturated heterocycles. The lowest BCUT2D eigenvalue weighted by Crippen LogP contribution is -2.21. The van der Waals surface area contributed by atoms with Crippen molar-refractivity contribution in [2.45, 2.75) is 20.8 Å². The zero-order chi connectivity index (χ0) is 18.8. The Hall–Kier alpha value is -3.66. The van der Waals surface area contributed by atoms with Gasteiger partial charge in [0.15, 0.2) is 11.4 Å². The number of anilines is 1. The van der Waals surface area contributed by atoms with Crippen molar-refractivity contribution in [2.24, 2.45) is 10.8 Å². The third kappa shape index (κ3) is 3.26. The van der Waals surface area contributed by atoms with Crippen LogP contribution in [0.15, 0.2) is 39.9 Å². The average Bonchev–Trinajstić information content (AvgIpc) is 3.01. The Morgan fingerprint density at radius 1 is 1.23 bits per heavy atom. The Morgan fingerprint density at radius 2 is 2.00 bits per heavy atom. The molecule has 4 N–H and O–H groups in total. The van der Waals surface area contributed by atoms with Crippen molar-refractivity contribution in [2.75, 3.05) is 5.43 Å². The molecule has 26 heavy (non-hydrogen) atoms. The van der Waals surface area contributed by atoms with Gasteiger partial charge < -0.3 is 10.2 Å². The zero-order valence-corrected chi connectivity index (χ0v) is 14.7. The molecule has 3 aromatic rings. The fourth-order valence-electron chi connectivity index (χ4n) is 2.64. The minimum absolute atomic E-state index is 0.178. The standard InChI is InChI=1S/C19H18N6O/c1-10-6-12(3)17-15(7-10)23-19(26-17)13-5-4-11(2)14(8-13)24-25-16(9-20)18(21)22/h4-8,24H,1-3H3,(H3,21,22)/b25-16+. The van der Waals surface area contributed by atoms with Gasteiger partial charge in [0.25, 0.3) is 0 Å². The van der Waals surface area contributed by atoms with E-state index in [1.54, 1.807) is 6.07 Å². The molecule has 0 aliphatic carbocycles. The monoisotopic (exact) mass is 346 g/mol. The number of hydrazone groups is 1. The summed E-state index contributed by atoms with van der Waals surface area (Å²) >= 11 is 0. The summed E-state index contributed by atoms with van der Waals surface area (Å²) in [5.74, 6) is 0.117. The van der Waals surface area contributed by atoms with Crippen LogP contribution in [0.5, 0.6) is 0 Å². The number of aryl methyl sites for hydroxylation is 3. The molecule has 2 aromatic carbocycles. The van der Waals surface area contributed by atoms with E-state index in [4.69, 9.17) is 20.8 Å². The normalized spacial score (nSPS) is 11.4. The van der Waals surface area contributed by atoms with Gasteiger partial charge in [-0.1, -0.05) is 12.1 Å². The summed E-state index contributed by atoms with van der Waals surface area (Å²) in [4.78, 5) is 4.58. The van der Waals surface area contributed by atoms with Crippen molar-refractivity contribution in [3.05, 3.63) is 47.0 Å². The van der Waals surface area contributed by atoms with E-state index in [0.717, 1.165) is 33.4 Å². The Kier molecular flexibility index (Phi) is 4.42. The summed E-state index contributed by atoms with van der Waals surface area (Å²) in [6.45, 7) is 5.92. The molecule has 0 radical (unpaired) electrons. The van der Waals surface area contributed by atoms with Gasteiger partial charge in [-0.3, -0.25) is 10.8 Å². The van der Waals surface area contributed by atoms with Crippen molar-refractivity contribution in [3.63, 3.8) is 0 Å². The van der Waals surface area contributed by atoms with Crippen LogP contribution in [-0.2, 0) is 0 Å². The van der Waals surface area contributed by atoms with Crippen LogP contribution in [0.1, 0.15) is 16.7 Å². The van der Waals surface area contributed by atoms with Crippen LogP contribution in [0, 0.1) is 37.5 Å². The lowest BCUT2D eigenvalue weighted by Gasteiger charge is -2.07. The molecule has 0 amide bonds. The molecular weight excluding hydrogens is 328 g/mol. The second kappa shape index (κ2) is 6.69. The van der Waals surface area contributed by atoms with Crippen molar-refractivity contribution in [3.8, 4) is 17.5 Å². The van der Waals surface area contributed by atoms with Crippen LogP contribution in [0.4, 0.5) is 5.69 Å². The van der Waals surface area contributed by atoms with E-state index in [2.05, 4.69) is 21.6 Å². The minimum Gasteiger partial charge on any atom is -0.436 e. The predicted octanol–water partition coefficient (Wildman–Crippen LogP) is 3.65. The number of rotatable bonds is 4. The highest BCUT2D eigenvalue weighted by Gasteiger charge is 2.12. The van der Waals surface area contributed by atoms with Gasteiger partial charge in [-0.25, -0.2) is 4.98 Å². The summed E-state index contributed by atoms with van der Waals surface area (Å²) in [5, 5.41) is 20.1. The number of hydrogen-bond acceptors (Lipinski definition) is 6. The molecule has 0 spiro atoms. The van der Waals surface area contributed by atoms with Gasteiger partial charge in [0.2, 0.25) is 11.6 Å². The Morgan fingerprint density at radius 3 is 2.69 bits per heavy atom. The quantitative estimate of drug-likeness (QED) is 0.378. The van der Waals surface area contributed by atoms with Gasteiger partial charge in [-0.05, 0) is 55.7 Å². The van der Waals surface area contributed by atoms with E-state index in [9.17, 15) is 0 Å². The molecule has 7 nitrogen and oxygen atoms in total. The van der Waals surface area contributed by atoms with E-state index >= 15 is 0 Å². The van der Waals surface area contributed by atoms with Crippen molar-refractivity contribution < 1.29 is 4.42 Å². The molecule has 7 heteroatoms. The summed E-state index contributed by atoms with van der Waals surface area (Å²) < 4.78 is 5.94. The third-order valence-electron chi connectivity index (χ3n) is 3.95. The van der Waals surface area contributed by atoms with E-state index in [1.807, 2.05) is 45.0 Å². The van der Waals surface area contributed by atoms with E-state index in [0.29, 0.717) is 11.6 Å². The maximum Gasteiger partial charge on any atom is 0.227 e. The highest BCUT2D eigenvalue weighted by molar-refractivity contribution is 6.45. The number of fused-ring (bicyclic) bond motifs is 1. The Labute approximate surface area is 150 Å². The maximum atomic E-state index is 8.94. The first-order chi connectivity index (χ1) is 12.4. The minimum atomic E-state index is -0.390. The predicted molar refractivity (Wildman–Crippen MR) is 102 cm³/mol. The van der Waals surface area contributed by atoms with Crippen LogP contribution < -0.4 is 11.2 Å². The fourth-order valence-corrected chi connectivity index (χ4v) is 2.64. The Balaban J connectivity index is 2.01. The van der Waals surface area contributed by atoms with Crippen LogP contribution in [-0.4, -0.2) is 16.5 Å². The van der Waals surface area contributed by atoms with Gasteiger partial charge >= 0.3 is 0 Å². The number of amidine groups is 1. The zero-order valence-electron chi connectivity index (χ0n) is 14.7. The number of oxazole rings is 1. The van der Waals surface area contributed by atoms with E-state index in [-0.39, 0.29) is 5.71 Å². The number of hydrogen-bond donors (Lipinski definition) is 3. The highest BCUT2D eigenvalue weighted by atomic mass is 16.3. The molecule has 0 atom stereocenters. The molecule has 0 unspecified atom stereocenters. The van der Waals surface area contributed by atoms with E-state index in [1.165, 1.54) is 0 Å². The molecule has 130 valence electrons. The van der Waals surface area contributed by atoms with Gasteiger partial charge in [0, 0.05) is 5.56 Å². The van der Waals surface area contributed by atoms with Gasteiger partial charge in [0.1, 0.15) is 11.6 Å². The van der Waals surface area contributed by atoms with E-state index < -0.39 is 5.84 Å². The van der Waals surface area contributed by atoms with Gasteiger partial charge in [-0.2, -0.15) is 10.4 Å². The van der Waals surface area contributed by atoms with Crippen LogP contribution in [0.2, 0.25) is 0 Å². The molecule has 0 fully saturated rings. The second-order valence-electron chi connectivity index (χ2n) is 6.08. The third-order valence-corrected chi connectivity index (χ3v) is 3.95. The molecule has 0 saturated carbocycles. The number of aromatic nitrogens is 1. The molecule has 0 bridgehead atoms. The Bertz CT molecular complexity index is 1090. The smallest absolute Gasteiger partial charge is 0.227 e. The lowest BCUT2D eigenvalue weighted by molar-refractivity contribution is 0.617. The number of nitrogens with zero attached hydrogens (tertiary/aromatic N) is 3. The molecule has 1 heterocycles. The lowest BCUT2D eigenvalue weighted by atomic mass is 10.1. The van der Waals surface area contributed by atoms with Crippen molar-refractivity contribution in [1.82, 2.24) is 4.98 Å². The number of nitrogens with two attached hydrogens (primary N) is 1. The average molecular weight is 346 g/mol. The first-order valence-corrected chi connectivity index (χ1v) is 7.96. The number of nitriles is 1. The van der Waals surface area contributed by atoms with Crippen molar-refractivity contribution in [1.29, 1.82) is 10.7 Å². The first-order valence-electron chi connectivity index (χ1n) is 7.96. The molecule has 0 aliphatic heterocycles. The van der Waals surface area contributed by atoms with Crippen LogP contribution in [0.25, 0.3) is 22.6 Å². The van der Waals surface area contributed by atoms with Gasteiger partial charge in [-0.15, -0.1) is 0 Å². The fraction of sp³-hybridized carbons (Fsp3) is 0.158. The van der Waals surface area contributed by atoms with Crippen LogP contribution >= 0.6 is 0 Å². The first kappa shape index (κ1) is 17.2. The van der Waals surface area contributed by atoms with Crippen molar-refractivity contribution >= 4 is 28.3 Å². The summed E-state index contributed by atoms with van der Waals surface area (Å²) in [5.41, 5.74) is 14.0. The summed E-state index contributed by atoms with van der Waals surface area (Å²) in [6.07, 6.45) is 0. The SMILES string of the molecule is Cc1cc(C)c2oc(-c3ccc(C)c(N/N=C(\C#N)C(=N)N)c3)nc2c1. The maximum absolute atomic E-state index is 8.94. The molecule has 1 aromatic heterocycles. The van der Waals surface area contributed by atoms with Gasteiger partial charge in [0.05, 0.1) is 5.69 Å². The molecule has 0 aliphatic rings. The molecule has 3 rings (SSSR count). The van der Waals surface area contributed by atoms with Crippen LogP contribution in [0.3, 0.4) is 0 Å². The summed E-state index contributed by atoms with van der Waals surface area (Å²) in [7, 11) is 0. The topological polar surface area (TPSA) is 124 Å². The summed E-state index contributed by atoms with van der Waals surface area (Å²) in [6, 6.07) is 11.5. The second-order valence-corrected chi connectivity index (χ2v) is 6.08. The largest absolute Gasteiger partial charge is 0.436 e. The number of nitrogens with one attached hydrogen (secondary N) is 2. The molecular formula is C19H18N6O.